The van der Waals surface area contributed by atoms with Crippen molar-refractivity contribution in [1.29, 1.82) is 0 Å². The van der Waals surface area contributed by atoms with E-state index >= 15 is 0 Å². The first-order chi connectivity index (χ1) is 11.6. The lowest BCUT2D eigenvalue weighted by molar-refractivity contribution is 0.0953. The van der Waals surface area contributed by atoms with Crippen molar-refractivity contribution in [1.82, 2.24) is 14.9 Å². The summed E-state index contributed by atoms with van der Waals surface area (Å²) >= 11 is 0. The molecule has 0 aliphatic heterocycles. The quantitative estimate of drug-likeness (QED) is 0.803. The van der Waals surface area contributed by atoms with Gasteiger partial charge in [-0.2, -0.15) is 0 Å². The number of hydrogen-bond donors (Lipinski definition) is 1. The average molecular weight is 321 g/mol. The standard InChI is InChI=1S/C19H19N3O2/c1-3-12-20-18(23)15-9-5-7-11-17(15)22-13(2)21-16-10-6-4-8-14(16)19(22)24/h4-11H,3,12H2,1-2H3,(H,20,23). The van der Waals surface area contributed by atoms with Gasteiger partial charge in [-0.15, -0.1) is 0 Å². The average Bonchev–Trinajstić information content (AvgIpc) is 2.60. The summed E-state index contributed by atoms with van der Waals surface area (Å²) in [4.78, 5) is 29.9. The van der Waals surface area contributed by atoms with Crippen LogP contribution in [0.1, 0.15) is 29.5 Å². The molecule has 5 nitrogen and oxygen atoms in total. The van der Waals surface area contributed by atoms with Gasteiger partial charge < -0.3 is 5.32 Å². The van der Waals surface area contributed by atoms with Gasteiger partial charge in [0.1, 0.15) is 5.82 Å². The minimum atomic E-state index is -0.188. The third-order valence-corrected chi connectivity index (χ3v) is 3.87. The number of amides is 1. The van der Waals surface area contributed by atoms with Crippen LogP contribution >= 0.6 is 0 Å². The van der Waals surface area contributed by atoms with Crippen molar-refractivity contribution < 1.29 is 4.79 Å². The van der Waals surface area contributed by atoms with Gasteiger partial charge in [0.15, 0.2) is 0 Å². The van der Waals surface area contributed by atoms with E-state index in [2.05, 4.69) is 10.3 Å². The first-order valence-electron chi connectivity index (χ1n) is 7.99. The molecule has 0 fully saturated rings. The maximum absolute atomic E-state index is 12.9. The van der Waals surface area contributed by atoms with Gasteiger partial charge >= 0.3 is 0 Å². The lowest BCUT2D eigenvalue weighted by Crippen LogP contribution is -2.28. The monoisotopic (exact) mass is 321 g/mol. The molecule has 3 rings (SSSR count). The maximum atomic E-state index is 12.9. The Kier molecular flexibility index (Phi) is 4.42. The number of para-hydroxylation sites is 2. The van der Waals surface area contributed by atoms with Crippen molar-refractivity contribution in [3.63, 3.8) is 0 Å². The van der Waals surface area contributed by atoms with Crippen molar-refractivity contribution in [2.45, 2.75) is 20.3 Å². The molecule has 1 heterocycles. The second-order valence-electron chi connectivity index (χ2n) is 5.59. The highest BCUT2D eigenvalue weighted by molar-refractivity contribution is 5.98. The second-order valence-corrected chi connectivity index (χ2v) is 5.59. The Balaban J connectivity index is 2.22. The number of rotatable bonds is 4. The third-order valence-electron chi connectivity index (χ3n) is 3.87. The largest absolute Gasteiger partial charge is 0.352 e. The van der Waals surface area contributed by atoms with E-state index in [9.17, 15) is 9.59 Å². The molecule has 122 valence electrons. The van der Waals surface area contributed by atoms with Crippen LogP contribution in [0.2, 0.25) is 0 Å². The Morgan fingerprint density at radius 1 is 1.12 bits per heavy atom. The summed E-state index contributed by atoms with van der Waals surface area (Å²) in [6.45, 7) is 4.36. The summed E-state index contributed by atoms with van der Waals surface area (Å²) < 4.78 is 1.50. The van der Waals surface area contributed by atoms with Crippen LogP contribution in [0, 0.1) is 6.92 Å². The van der Waals surface area contributed by atoms with E-state index < -0.39 is 0 Å². The van der Waals surface area contributed by atoms with Crippen LogP contribution in [0.25, 0.3) is 16.6 Å². The fourth-order valence-corrected chi connectivity index (χ4v) is 2.72. The lowest BCUT2D eigenvalue weighted by Gasteiger charge is -2.14. The SMILES string of the molecule is CCCNC(=O)c1ccccc1-n1c(C)nc2ccccc2c1=O. The van der Waals surface area contributed by atoms with Crippen LogP contribution in [-0.4, -0.2) is 22.0 Å². The van der Waals surface area contributed by atoms with Crippen LogP contribution in [0.15, 0.2) is 53.3 Å². The summed E-state index contributed by atoms with van der Waals surface area (Å²) in [6, 6.07) is 14.3. The highest BCUT2D eigenvalue weighted by Crippen LogP contribution is 2.16. The Morgan fingerprint density at radius 2 is 1.83 bits per heavy atom. The van der Waals surface area contributed by atoms with Crippen LogP contribution < -0.4 is 10.9 Å². The van der Waals surface area contributed by atoms with Crippen molar-refractivity contribution in [2.75, 3.05) is 6.54 Å². The summed E-state index contributed by atoms with van der Waals surface area (Å²) in [7, 11) is 0. The fraction of sp³-hybridized carbons (Fsp3) is 0.211. The number of carbonyl (C=O) groups excluding carboxylic acids is 1. The van der Waals surface area contributed by atoms with Crippen molar-refractivity contribution in [3.05, 3.63) is 70.3 Å². The molecule has 0 bridgehead atoms. The zero-order valence-electron chi connectivity index (χ0n) is 13.7. The van der Waals surface area contributed by atoms with Gasteiger partial charge in [-0.25, -0.2) is 4.98 Å². The molecule has 24 heavy (non-hydrogen) atoms. The van der Waals surface area contributed by atoms with Crippen LogP contribution in [0.3, 0.4) is 0 Å². The van der Waals surface area contributed by atoms with Crippen molar-refractivity contribution in [3.8, 4) is 5.69 Å². The minimum Gasteiger partial charge on any atom is -0.352 e. The Hall–Kier alpha value is -2.95. The molecule has 0 spiro atoms. The molecule has 3 aromatic rings. The number of carbonyl (C=O) groups is 1. The first-order valence-corrected chi connectivity index (χ1v) is 7.99. The molecular weight excluding hydrogens is 302 g/mol. The number of nitrogens with zero attached hydrogens (tertiary/aromatic N) is 2. The molecule has 0 radical (unpaired) electrons. The van der Waals surface area contributed by atoms with E-state index in [4.69, 9.17) is 0 Å². The van der Waals surface area contributed by atoms with E-state index in [1.54, 1.807) is 31.2 Å². The zero-order chi connectivity index (χ0) is 17.1. The number of hydrogen-bond acceptors (Lipinski definition) is 3. The summed E-state index contributed by atoms with van der Waals surface area (Å²) in [5.41, 5.74) is 1.50. The summed E-state index contributed by atoms with van der Waals surface area (Å²) in [6.07, 6.45) is 0.852. The topological polar surface area (TPSA) is 64.0 Å². The molecular formula is C19H19N3O2. The molecule has 0 atom stereocenters. The van der Waals surface area contributed by atoms with Gasteiger partial charge in [-0.05, 0) is 37.6 Å². The molecule has 0 saturated carbocycles. The first kappa shape index (κ1) is 15.9. The van der Waals surface area contributed by atoms with E-state index in [1.807, 2.05) is 31.2 Å². The molecule has 1 aromatic heterocycles. The highest BCUT2D eigenvalue weighted by Gasteiger charge is 2.16. The predicted molar refractivity (Wildman–Crippen MR) is 94.7 cm³/mol. The predicted octanol–water partition coefficient (Wildman–Crippen LogP) is 2.83. The Morgan fingerprint density at radius 3 is 2.62 bits per heavy atom. The number of aryl methyl sites for hydroxylation is 1. The van der Waals surface area contributed by atoms with Gasteiger partial charge in [-0.3, -0.25) is 14.2 Å². The van der Waals surface area contributed by atoms with E-state index in [0.29, 0.717) is 34.5 Å². The van der Waals surface area contributed by atoms with Gasteiger partial charge in [0.05, 0.1) is 22.2 Å². The maximum Gasteiger partial charge on any atom is 0.265 e. The van der Waals surface area contributed by atoms with Gasteiger partial charge in [0, 0.05) is 6.54 Å². The van der Waals surface area contributed by atoms with Gasteiger partial charge in [0.25, 0.3) is 11.5 Å². The van der Waals surface area contributed by atoms with E-state index in [1.165, 1.54) is 4.57 Å². The Labute approximate surface area is 140 Å². The zero-order valence-corrected chi connectivity index (χ0v) is 13.7. The number of aromatic nitrogens is 2. The normalized spacial score (nSPS) is 10.8. The summed E-state index contributed by atoms with van der Waals surface area (Å²) in [5, 5.41) is 3.39. The van der Waals surface area contributed by atoms with Gasteiger partial charge in [-0.1, -0.05) is 31.2 Å². The Bertz CT molecular complexity index is 960. The van der Waals surface area contributed by atoms with E-state index in [-0.39, 0.29) is 11.5 Å². The number of benzene rings is 2. The highest BCUT2D eigenvalue weighted by atomic mass is 16.2. The number of fused-ring (bicyclic) bond motifs is 1. The van der Waals surface area contributed by atoms with Crippen LogP contribution in [0.5, 0.6) is 0 Å². The smallest absolute Gasteiger partial charge is 0.265 e. The molecule has 0 aliphatic rings. The van der Waals surface area contributed by atoms with Gasteiger partial charge in [0.2, 0.25) is 0 Å². The van der Waals surface area contributed by atoms with Crippen molar-refractivity contribution >= 4 is 16.8 Å². The molecule has 0 unspecified atom stereocenters. The van der Waals surface area contributed by atoms with Crippen LogP contribution in [0.4, 0.5) is 0 Å². The summed E-state index contributed by atoms with van der Waals surface area (Å²) in [5.74, 6) is 0.362. The van der Waals surface area contributed by atoms with E-state index in [0.717, 1.165) is 6.42 Å². The van der Waals surface area contributed by atoms with Crippen molar-refractivity contribution in [2.24, 2.45) is 0 Å². The molecule has 1 amide bonds. The molecule has 0 saturated heterocycles. The molecule has 5 heteroatoms. The number of nitrogens with one attached hydrogen (secondary N) is 1. The minimum absolute atomic E-state index is 0.172. The van der Waals surface area contributed by atoms with Crippen LogP contribution in [-0.2, 0) is 0 Å². The molecule has 2 aromatic carbocycles. The lowest BCUT2D eigenvalue weighted by atomic mass is 10.1. The second kappa shape index (κ2) is 6.66. The molecule has 0 aliphatic carbocycles. The molecule has 1 N–H and O–H groups in total. The fourth-order valence-electron chi connectivity index (χ4n) is 2.72. The third kappa shape index (κ3) is 2.80.